The number of nitrogens with zero attached hydrogens (tertiary/aromatic N) is 1. The lowest BCUT2D eigenvalue weighted by Crippen LogP contribution is -2.54. The van der Waals surface area contributed by atoms with E-state index in [1.165, 1.54) is 13.2 Å². The summed E-state index contributed by atoms with van der Waals surface area (Å²) in [6.45, 7) is 2.78. The van der Waals surface area contributed by atoms with Gasteiger partial charge in [-0.2, -0.15) is 0 Å². The molecule has 196 valence electrons. The number of carbonyl (C=O) groups excluding carboxylic acids is 3. The zero-order valence-corrected chi connectivity index (χ0v) is 23.5. The maximum absolute atomic E-state index is 13.3. The van der Waals surface area contributed by atoms with Crippen LogP contribution in [0.2, 0.25) is 5.02 Å². The number of benzene rings is 3. The predicted octanol–water partition coefficient (Wildman–Crippen LogP) is 5.99. The maximum Gasteiger partial charge on any atom is 0.335 e. The molecule has 0 atom stereocenters. The number of barbiturate groups is 1. The standard InChI is InChI=1S/C28H24ClIN2O6/c1-3-12-37-25-23(30)14-17(15-24(25)36-2)13-21-26(33)31-28(35)32(27(21)34)19-8-10-20(11-9-19)38-16-18-6-4-5-7-22(18)29/h4-11,13-15H,3,12,16H2,1-2H3,(H,31,33,35)/b21-13+. The van der Waals surface area contributed by atoms with Gasteiger partial charge in [-0.05, 0) is 83.1 Å². The molecule has 0 spiro atoms. The summed E-state index contributed by atoms with van der Waals surface area (Å²) >= 11 is 8.28. The van der Waals surface area contributed by atoms with Crippen LogP contribution < -0.4 is 24.4 Å². The van der Waals surface area contributed by atoms with Crippen LogP contribution in [-0.4, -0.2) is 31.6 Å². The third kappa shape index (κ3) is 6.11. The average Bonchev–Trinajstić information content (AvgIpc) is 2.90. The van der Waals surface area contributed by atoms with Crippen LogP contribution in [-0.2, 0) is 16.2 Å². The first-order valence-corrected chi connectivity index (χ1v) is 13.2. The van der Waals surface area contributed by atoms with E-state index in [2.05, 4.69) is 27.9 Å². The molecule has 4 rings (SSSR count). The first-order valence-electron chi connectivity index (χ1n) is 11.7. The number of rotatable bonds is 9. The van der Waals surface area contributed by atoms with Crippen LogP contribution >= 0.6 is 34.2 Å². The third-order valence-corrected chi connectivity index (χ3v) is 6.73. The number of halogens is 2. The predicted molar refractivity (Wildman–Crippen MR) is 153 cm³/mol. The Kier molecular flexibility index (Phi) is 8.90. The van der Waals surface area contributed by atoms with Crippen LogP contribution in [0, 0.1) is 3.57 Å². The van der Waals surface area contributed by atoms with Crippen molar-refractivity contribution in [3.63, 3.8) is 0 Å². The van der Waals surface area contributed by atoms with Gasteiger partial charge in [-0.25, -0.2) is 9.69 Å². The number of amides is 4. The van der Waals surface area contributed by atoms with Gasteiger partial charge in [0.25, 0.3) is 11.8 Å². The second kappa shape index (κ2) is 12.3. The lowest BCUT2D eigenvalue weighted by molar-refractivity contribution is -0.122. The molecule has 8 nitrogen and oxygen atoms in total. The second-order valence-electron chi connectivity index (χ2n) is 8.21. The van der Waals surface area contributed by atoms with Gasteiger partial charge in [0.15, 0.2) is 11.5 Å². The molecule has 1 N–H and O–H groups in total. The normalized spacial score (nSPS) is 14.5. The van der Waals surface area contributed by atoms with Crippen LogP contribution in [0.1, 0.15) is 24.5 Å². The largest absolute Gasteiger partial charge is 0.493 e. The molecule has 3 aromatic rings. The highest BCUT2D eigenvalue weighted by molar-refractivity contribution is 14.1. The van der Waals surface area contributed by atoms with E-state index in [1.54, 1.807) is 42.5 Å². The lowest BCUT2D eigenvalue weighted by Gasteiger charge is -2.26. The number of imide groups is 2. The van der Waals surface area contributed by atoms with Gasteiger partial charge in [0, 0.05) is 10.6 Å². The average molecular weight is 647 g/mol. The van der Waals surface area contributed by atoms with Crippen molar-refractivity contribution in [2.24, 2.45) is 0 Å². The van der Waals surface area contributed by atoms with Crippen molar-refractivity contribution in [2.75, 3.05) is 18.6 Å². The highest BCUT2D eigenvalue weighted by Gasteiger charge is 2.37. The van der Waals surface area contributed by atoms with Crippen molar-refractivity contribution in [1.29, 1.82) is 0 Å². The van der Waals surface area contributed by atoms with E-state index in [-0.39, 0.29) is 17.9 Å². The van der Waals surface area contributed by atoms with E-state index < -0.39 is 17.8 Å². The number of urea groups is 1. The number of anilines is 1. The number of ether oxygens (including phenoxy) is 3. The van der Waals surface area contributed by atoms with Gasteiger partial charge >= 0.3 is 6.03 Å². The zero-order chi connectivity index (χ0) is 27.2. The number of nitrogens with one attached hydrogen (secondary N) is 1. The van der Waals surface area contributed by atoms with Crippen LogP contribution in [0.25, 0.3) is 6.08 Å². The van der Waals surface area contributed by atoms with Crippen LogP contribution in [0.5, 0.6) is 17.2 Å². The summed E-state index contributed by atoms with van der Waals surface area (Å²) in [5.41, 5.74) is 1.47. The Hall–Kier alpha value is -3.57. The molecular weight excluding hydrogens is 623 g/mol. The Bertz CT molecular complexity index is 1410. The number of methoxy groups -OCH3 is 1. The Balaban J connectivity index is 1.56. The minimum atomic E-state index is -0.836. The van der Waals surface area contributed by atoms with Gasteiger partial charge in [0.2, 0.25) is 0 Å². The Morgan fingerprint density at radius 2 is 1.76 bits per heavy atom. The van der Waals surface area contributed by atoms with Crippen LogP contribution in [0.15, 0.2) is 66.2 Å². The first kappa shape index (κ1) is 27.5. The van der Waals surface area contributed by atoms with Crippen LogP contribution in [0.3, 0.4) is 0 Å². The van der Waals surface area contributed by atoms with Gasteiger partial charge in [0.05, 0.1) is 23.0 Å². The number of hydrogen-bond acceptors (Lipinski definition) is 6. The summed E-state index contributed by atoms with van der Waals surface area (Å²) in [7, 11) is 1.52. The van der Waals surface area contributed by atoms with Crippen molar-refractivity contribution < 1.29 is 28.6 Å². The number of carbonyl (C=O) groups is 3. The van der Waals surface area contributed by atoms with E-state index in [1.807, 2.05) is 25.1 Å². The molecule has 0 aliphatic carbocycles. The Morgan fingerprint density at radius 1 is 1.03 bits per heavy atom. The molecule has 1 aliphatic rings. The quantitative estimate of drug-likeness (QED) is 0.175. The van der Waals surface area contributed by atoms with Gasteiger partial charge in [0.1, 0.15) is 17.9 Å². The van der Waals surface area contributed by atoms with Crippen LogP contribution in [0.4, 0.5) is 10.5 Å². The molecule has 4 amide bonds. The SMILES string of the molecule is CCCOc1c(I)cc(/C=C2\C(=O)NC(=O)N(c3ccc(OCc4ccccc4Cl)cc3)C2=O)cc1OC. The minimum Gasteiger partial charge on any atom is -0.493 e. The van der Waals surface area contributed by atoms with Crippen molar-refractivity contribution in [3.05, 3.63) is 86.0 Å². The van der Waals surface area contributed by atoms with E-state index in [4.69, 9.17) is 25.8 Å². The molecule has 1 fully saturated rings. The molecule has 0 aromatic heterocycles. The molecule has 3 aromatic carbocycles. The lowest BCUT2D eigenvalue weighted by atomic mass is 10.1. The fraction of sp³-hybridized carbons (Fsp3) is 0.179. The molecule has 0 radical (unpaired) electrons. The second-order valence-corrected chi connectivity index (χ2v) is 9.78. The van der Waals surface area contributed by atoms with Crippen molar-refractivity contribution in [1.82, 2.24) is 5.32 Å². The summed E-state index contributed by atoms with van der Waals surface area (Å²) in [6.07, 6.45) is 2.25. The highest BCUT2D eigenvalue weighted by Crippen LogP contribution is 2.35. The summed E-state index contributed by atoms with van der Waals surface area (Å²) in [5, 5.41) is 2.83. The molecule has 1 saturated heterocycles. The highest BCUT2D eigenvalue weighted by atomic mass is 127. The summed E-state index contributed by atoms with van der Waals surface area (Å²) < 4.78 is 17.8. The molecule has 0 unspecified atom stereocenters. The van der Waals surface area contributed by atoms with Gasteiger partial charge in [-0.15, -0.1) is 0 Å². The molecule has 1 aliphatic heterocycles. The van der Waals surface area contributed by atoms with Crippen molar-refractivity contribution in [3.8, 4) is 17.2 Å². The number of hydrogen-bond donors (Lipinski definition) is 1. The molecule has 0 saturated carbocycles. The van der Waals surface area contributed by atoms with E-state index in [0.717, 1.165) is 20.5 Å². The fourth-order valence-corrected chi connectivity index (χ4v) is 4.67. The molecule has 0 bridgehead atoms. The summed E-state index contributed by atoms with van der Waals surface area (Å²) in [6, 6.07) is 16.4. The molecule has 1 heterocycles. The monoisotopic (exact) mass is 646 g/mol. The van der Waals surface area contributed by atoms with E-state index in [9.17, 15) is 14.4 Å². The van der Waals surface area contributed by atoms with E-state index >= 15 is 0 Å². The third-order valence-electron chi connectivity index (χ3n) is 5.56. The fourth-order valence-electron chi connectivity index (χ4n) is 3.69. The molecule has 38 heavy (non-hydrogen) atoms. The summed E-state index contributed by atoms with van der Waals surface area (Å²) in [5.74, 6) is 0.0591. The summed E-state index contributed by atoms with van der Waals surface area (Å²) in [4.78, 5) is 39.4. The van der Waals surface area contributed by atoms with Gasteiger partial charge in [-0.1, -0.05) is 36.7 Å². The van der Waals surface area contributed by atoms with Gasteiger partial charge < -0.3 is 14.2 Å². The first-order chi connectivity index (χ1) is 18.3. The van der Waals surface area contributed by atoms with Crippen molar-refractivity contribution >= 4 is 63.8 Å². The maximum atomic E-state index is 13.3. The Labute approximate surface area is 238 Å². The van der Waals surface area contributed by atoms with Gasteiger partial charge in [-0.3, -0.25) is 14.9 Å². The zero-order valence-electron chi connectivity index (χ0n) is 20.6. The molecular formula is C28H24ClIN2O6. The Morgan fingerprint density at radius 3 is 2.45 bits per heavy atom. The topological polar surface area (TPSA) is 94.2 Å². The van der Waals surface area contributed by atoms with Crippen molar-refractivity contribution in [2.45, 2.75) is 20.0 Å². The minimum absolute atomic E-state index is 0.191. The van der Waals surface area contributed by atoms with E-state index in [0.29, 0.717) is 34.4 Å². The smallest absolute Gasteiger partial charge is 0.335 e. The molecule has 10 heteroatoms.